The molecular formula is C12H20N4O2. The summed E-state index contributed by atoms with van der Waals surface area (Å²) in [6, 6.07) is 0. The van der Waals surface area contributed by atoms with Gasteiger partial charge in [-0.15, -0.1) is 10.2 Å². The van der Waals surface area contributed by atoms with Crippen molar-refractivity contribution in [3.63, 3.8) is 0 Å². The summed E-state index contributed by atoms with van der Waals surface area (Å²) in [6.45, 7) is 2.89. The Bertz CT molecular complexity index is 397. The molecule has 6 heteroatoms. The highest BCUT2D eigenvalue weighted by atomic mass is 16.4. The van der Waals surface area contributed by atoms with Gasteiger partial charge in [0.1, 0.15) is 12.2 Å². The van der Waals surface area contributed by atoms with E-state index in [4.69, 9.17) is 5.11 Å². The summed E-state index contributed by atoms with van der Waals surface area (Å²) >= 11 is 0. The van der Waals surface area contributed by atoms with E-state index in [-0.39, 0.29) is 0 Å². The molecule has 0 spiro atoms. The minimum Gasteiger partial charge on any atom is -0.481 e. The van der Waals surface area contributed by atoms with Gasteiger partial charge in [-0.2, -0.15) is 0 Å². The van der Waals surface area contributed by atoms with E-state index in [0.29, 0.717) is 12.3 Å². The molecule has 0 atom stereocenters. The zero-order valence-corrected chi connectivity index (χ0v) is 10.7. The van der Waals surface area contributed by atoms with Gasteiger partial charge in [0.25, 0.3) is 0 Å². The maximum absolute atomic E-state index is 10.5. The number of hydrogen-bond donors (Lipinski definition) is 1. The van der Waals surface area contributed by atoms with Gasteiger partial charge in [0.15, 0.2) is 0 Å². The molecule has 0 saturated carbocycles. The molecule has 0 aromatic carbocycles. The highest BCUT2D eigenvalue weighted by molar-refractivity contribution is 5.66. The molecule has 1 aliphatic rings. The average molecular weight is 252 g/mol. The third-order valence-electron chi connectivity index (χ3n) is 3.64. The van der Waals surface area contributed by atoms with Gasteiger partial charge in [-0.05, 0) is 38.3 Å². The number of carbonyl (C=O) groups is 1. The number of nitrogens with zero attached hydrogens (tertiary/aromatic N) is 4. The summed E-state index contributed by atoms with van der Waals surface area (Å²) in [7, 11) is 1.95. The van der Waals surface area contributed by atoms with Crippen molar-refractivity contribution in [3.8, 4) is 0 Å². The van der Waals surface area contributed by atoms with Gasteiger partial charge < -0.3 is 9.67 Å². The van der Waals surface area contributed by atoms with E-state index in [9.17, 15) is 4.79 Å². The molecule has 0 radical (unpaired) electrons. The van der Waals surface area contributed by atoms with Crippen molar-refractivity contribution in [2.75, 3.05) is 13.1 Å². The van der Waals surface area contributed by atoms with Crippen LogP contribution in [0.25, 0.3) is 0 Å². The van der Waals surface area contributed by atoms with Crippen LogP contribution in [0, 0.1) is 5.92 Å². The first-order valence-corrected chi connectivity index (χ1v) is 6.42. The molecule has 1 N–H and O–H groups in total. The number of aryl methyl sites for hydroxylation is 1. The topological polar surface area (TPSA) is 71.2 Å². The second-order valence-electron chi connectivity index (χ2n) is 5.01. The monoisotopic (exact) mass is 252 g/mol. The predicted molar refractivity (Wildman–Crippen MR) is 65.9 cm³/mol. The highest BCUT2D eigenvalue weighted by Gasteiger charge is 2.20. The van der Waals surface area contributed by atoms with Crippen LogP contribution in [0.15, 0.2) is 6.33 Å². The molecule has 0 unspecified atom stereocenters. The summed E-state index contributed by atoms with van der Waals surface area (Å²) in [5.74, 6) is 0.868. The fraction of sp³-hybridized carbons (Fsp3) is 0.750. The molecule has 1 aromatic rings. The van der Waals surface area contributed by atoms with E-state index in [1.807, 2.05) is 11.6 Å². The van der Waals surface area contributed by atoms with Crippen molar-refractivity contribution in [2.45, 2.75) is 32.2 Å². The number of aromatic nitrogens is 3. The summed E-state index contributed by atoms with van der Waals surface area (Å²) in [5, 5.41) is 16.6. The van der Waals surface area contributed by atoms with Gasteiger partial charge >= 0.3 is 5.97 Å². The zero-order chi connectivity index (χ0) is 13.0. The lowest BCUT2D eigenvalue weighted by Gasteiger charge is -2.31. The first kappa shape index (κ1) is 13.0. The quantitative estimate of drug-likeness (QED) is 0.842. The normalized spacial score (nSPS) is 18.1. The summed E-state index contributed by atoms with van der Waals surface area (Å²) in [4.78, 5) is 12.9. The van der Waals surface area contributed by atoms with Gasteiger partial charge in [0, 0.05) is 13.5 Å². The first-order valence-electron chi connectivity index (χ1n) is 6.42. The van der Waals surface area contributed by atoms with Crippen LogP contribution < -0.4 is 0 Å². The molecule has 0 bridgehead atoms. The van der Waals surface area contributed by atoms with E-state index in [1.165, 1.54) is 0 Å². The van der Waals surface area contributed by atoms with Crippen molar-refractivity contribution >= 4 is 5.97 Å². The lowest BCUT2D eigenvalue weighted by Crippen LogP contribution is -2.34. The summed E-state index contributed by atoms with van der Waals surface area (Å²) < 4.78 is 1.94. The van der Waals surface area contributed by atoms with Gasteiger partial charge in [-0.1, -0.05) is 0 Å². The maximum Gasteiger partial charge on any atom is 0.303 e. The Morgan fingerprint density at radius 1 is 1.50 bits per heavy atom. The molecular weight excluding hydrogens is 232 g/mol. The molecule has 0 aliphatic carbocycles. The number of aliphatic carboxylic acids is 1. The van der Waals surface area contributed by atoms with Crippen LogP contribution in [0.1, 0.15) is 31.5 Å². The number of likely N-dealkylation sites (tertiary alicyclic amines) is 1. The predicted octanol–water partition coefficient (Wildman–Crippen LogP) is 0.892. The van der Waals surface area contributed by atoms with E-state index in [1.54, 1.807) is 6.33 Å². The Labute approximate surface area is 107 Å². The van der Waals surface area contributed by atoms with E-state index >= 15 is 0 Å². The molecule has 6 nitrogen and oxygen atoms in total. The third-order valence-corrected chi connectivity index (χ3v) is 3.64. The SMILES string of the molecule is Cn1cnnc1CN1CCC(CCC(=O)O)CC1. The van der Waals surface area contributed by atoms with Crippen LogP contribution >= 0.6 is 0 Å². The average Bonchev–Trinajstić information content (AvgIpc) is 2.74. The second kappa shape index (κ2) is 5.95. The Kier molecular flexibility index (Phi) is 4.30. The highest BCUT2D eigenvalue weighted by Crippen LogP contribution is 2.22. The number of carboxylic acid groups (broad SMARTS) is 1. The standard InChI is InChI=1S/C12H20N4O2/c1-15-9-13-14-11(15)8-16-6-4-10(5-7-16)2-3-12(17)18/h9-10H,2-8H2,1H3,(H,17,18). The lowest BCUT2D eigenvalue weighted by atomic mass is 9.92. The Morgan fingerprint density at radius 2 is 2.22 bits per heavy atom. The number of piperidine rings is 1. The number of rotatable bonds is 5. The van der Waals surface area contributed by atoms with Crippen LogP contribution in [0.5, 0.6) is 0 Å². The van der Waals surface area contributed by atoms with Crippen LogP contribution in [0.3, 0.4) is 0 Å². The van der Waals surface area contributed by atoms with Crippen LogP contribution in [-0.4, -0.2) is 43.8 Å². The Balaban J connectivity index is 1.73. The molecule has 100 valence electrons. The van der Waals surface area contributed by atoms with Crippen LogP contribution in [0.2, 0.25) is 0 Å². The van der Waals surface area contributed by atoms with E-state index < -0.39 is 5.97 Å². The molecule has 2 rings (SSSR count). The van der Waals surface area contributed by atoms with Crippen molar-refractivity contribution in [3.05, 3.63) is 12.2 Å². The Hall–Kier alpha value is -1.43. The van der Waals surface area contributed by atoms with Crippen LogP contribution in [-0.2, 0) is 18.4 Å². The number of carboxylic acids is 1. The summed E-state index contributed by atoms with van der Waals surface area (Å²) in [5.41, 5.74) is 0. The smallest absolute Gasteiger partial charge is 0.303 e. The fourth-order valence-corrected chi connectivity index (χ4v) is 2.41. The molecule has 0 amide bonds. The largest absolute Gasteiger partial charge is 0.481 e. The molecule has 1 aliphatic heterocycles. The van der Waals surface area contributed by atoms with Crippen molar-refractivity contribution in [2.24, 2.45) is 13.0 Å². The third kappa shape index (κ3) is 3.53. The minimum atomic E-state index is -0.684. The van der Waals surface area contributed by atoms with Crippen molar-refractivity contribution in [1.82, 2.24) is 19.7 Å². The number of hydrogen-bond acceptors (Lipinski definition) is 4. The van der Waals surface area contributed by atoms with Crippen LogP contribution in [0.4, 0.5) is 0 Å². The molecule has 1 aromatic heterocycles. The fourth-order valence-electron chi connectivity index (χ4n) is 2.41. The first-order chi connectivity index (χ1) is 8.65. The van der Waals surface area contributed by atoms with Gasteiger partial charge in [0.05, 0.1) is 6.54 Å². The van der Waals surface area contributed by atoms with Gasteiger partial charge in [-0.3, -0.25) is 9.69 Å². The Morgan fingerprint density at radius 3 is 2.78 bits per heavy atom. The lowest BCUT2D eigenvalue weighted by molar-refractivity contribution is -0.137. The van der Waals surface area contributed by atoms with E-state index in [0.717, 1.165) is 44.7 Å². The van der Waals surface area contributed by atoms with Gasteiger partial charge in [-0.25, -0.2) is 0 Å². The molecule has 2 heterocycles. The minimum absolute atomic E-state index is 0.300. The maximum atomic E-state index is 10.5. The van der Waals surface area contributed by atoms with Crippen molar-refractivity contribution in [1.29, 1.82) is 0 Å². The summed E-state index contributed by atoms with van der Waals surface area (Å²) in [6.07, 6.45) is 5.01. The molecule has 1 saturated heterocycles. The second-order valence-corrected chi connectivity index (χ2v) is 5.01. The van der Waals surface area contributed by atoms with E-state index in [2.05, 4.69) is 15.1 Å². The zero-order valence-electron chi connectivity index (χ0n) is 10.7. The van der Waals surface area contributed by atoms with Crippen molar-refractivity contribution < 1.29 is 9.90 Å². The van der Waals surface area contributed by atoms with Gasteiger partial charge in [0.2, 0.25) is 0 Å². The molecule has 18 heavy (non-hydrogen) atoms. The molecule has 1 fully saturated rings.